The van der Waals surface area contributed by atoms with Crippen LogP contribution in [0.2, 0.25) is 0 Å². The third-order valence-corrected chi connectivity index (χ3v) is 3.41. The summed E-state index contributed by atoms with van der Waals surface area (Å²) in [5.74, 6) is -2.39. The maximum Gasteiger partial charge on any atom is 0.270 e. The summed E-state index contributed by atoms with van der Waals surface area (Å²) in [4.78, 5) is 0. The molecule has 2 N–H and O–H groups in total. The first-order valence-corrected chi connectivity index (χ1v) is 6.54. The lowest BCUT2D eigenvalue weighted by Crippen LogP contribution is -2.29. The van der Waals surface area contributed by atoms with Crippen LogP contribution in [0.15, 0.2) is 18.2 Å². The SMILES string of the molecule is COc1cc(C(C)(F)F)ccc1NCC1CCCN1. The van der Waals surface area contributed by atoms with Gasteiger partial charge in [-0.1, -0.05) is 6.07 Å². The minimum absolute atomic E-state index is 0.0334. The van der Waals surface area contributed by atoms with Crippen molar-refractivity contribution in [3.8, 4) is 5.75 Å². The van der Waals surface area contributed by atoms with Crippen LogP contribution in [0.1, 0.15) is 25.3 Å². The van der Waals surface area contributed by atoms with Crippen LogP contribution in [0, 0.1) is 0 Å². The minimum atomic E-state index is -2.85. The van der Waals surface area contributed by atoms with Crippen molar-refractivity contribution in [1.29, 1.82) is 0 Å². The Morgan fingerprint density at radius 1 is 1.47 bits per heavy atom. The molecule has 0 bridgehead atoms. The van der Waals surface area contributed by atoms with Crippen molar-refractivity contribution in [2.24, 2.45) is 0 Å². The molecule has 0 aromatic heterocycles. The number of nitrogens with one attached hydrogen (secondary N) is 2. The quantitative estimate of drug-likeness (QED) is 0.863. The van der Waals surface area contributed by atoms with Crippen LogP contribution in [0.5, 0.6) is 5.75 Å². The van der Waals surface area contributed by atoms with Gasteiger partial charge in [0.15, 0.2) is 0 Å². The van der Waals surface area contributed by atoms with Crippen molar-refractivity contribution in [3.63, 3.8) is 0 Å². The first kappa shape index (κ1) is 14.1. The van der Waals surface area contributed by atoms with Crippen molar-refractivity contribution in [2.75, 3.05) is 25.5 Å². The second kappa shape index (κ2) is 5.74. The Hall–Kier alpha value is -1.36. The maximum absolute atomic E-state index is 13.2. The standard InChI is InChI=1S/C14H20F2N2O/c1-14(15,16)10-5-6-12(13(8-10)19-2)18-9-11-4-3-7-17-11/h5-6,8,11,17-18H,3-4,7,9H2,1-2H3. The largest absolute Gasteiger partial charge is 0.495 e. The molecule has 1 atom stereocenters. The summed E-state index contributed by atoms with van der Waals surface area (Å²) in [7, 11) is 1.49. The van der Waals surface area contributed by atoms with Gasteiger partial charge in [-0.25, -0.2) is 8.78 Å². The zero-order chi connectivity index (χ0) is 13.9. The normalized spacial score (nSPS) is 19.5. The van der Waals surface area contributed by atoms with E-state index >= 15 is 0 Å². The van der Waals surface area contributed by atoms with E-state index in [1.165, 1.54) is 25.7 Å². The number of methoxy groups -OCH3 is 1. The number of hydrogen-bond donors (Lipinski definition) is 2. The molecule has 19 heavy (non-hydrogen) atoms. The molecule has 0 aliphatic carbocycles. The molecule has 0 amide bonds. The van der Waals surface area contributed by atoms with Crippen LogP contribution < -0.4 is 15.4 Å². The Labute approximate surface area is 112 Å². The molecule has 3 nitrogen and oxygen atoms in total. The Kier molecular flexibility index (Phi) is 4.24. The lowest BCUT2D eigenvalue weighted by Gasteiger charge is -2.17. The van der Waals surface area contributed by atoms with E-state index in [2.05, 4.69) is 10.6 Å². The van der Waals surface area contributed by atoms with Crippen molar-refractivity contribution in [3.05, 3.63) is 23.8 Å². The molecule has 5 heteroatoms. The lowest BCUT2D eigenvalue weighted by molar-refractivity contribution is 0.0173. The second-order valence-electron chi connectivity index (χ2n) is 4.98. The third kappa shape index (κ3) is 3.56. The van der Waals surface area contributed by atoms with Crippen molar-refractivity contribution in [1.82, 2.24) is 5.32 Å². The number of ether oxygens (including phenoxy) is 1. The molecule has 106 valence electrons. The van der Waals surface area contributed by atoms with Crippen molar-refractivity contribution >= 4 is 5.69 Å². The monoisotopic (exact) mass is 270 g/mol. The molecule has 1 unspecified atom stereocenters. The molecule has 1 heterocycles. The zero-order valence-electron chi connectivity index (χ0n) is 11.3. The maximum atomic E-state index is 13.2. The van der Waals surface area contributed by atoms with Crippen LogP contribution in [-0.2, 0) is 5.92 Å². The van der Waals surface area contributed by atoms with Crippen LogP contribution >= 0.6 is 0 Å². The van der Waals surface area contributed by atoms with E-state index in [-0.39, 0.29) is 5.56 Å². The summed E-state index contributed by atoms with van der Waals surface area (Å²) in [6.07, 6.45) is 2.32. The molecule has 2 rings (SSSR count). The summed E-state index contributed by atoms with van der Waals surface area (Å²) in [5.41, 5.74) is 0.720. The first-order valence-electron chi connectivity index (χ1n) is 6.54. The zero-order valence-corrected chi connectivity index (χ0v) is 11.3. The number of alkyl halides is 2. The lowest BCUT2D eigenvalue weighted by atomic mass is 10.1. The summed E-state index contributed by atoms with van der Waals surface area (Å²) < 4.78 is 31.7. The molecular weight excluding hydrogens is 250 g/mol. The van der Waals surface area contributed by atoms with E-state index in [0.717, 1.165) is 32.1 Å². The third-order valence-electron chi connectivity index (χ3n) is 3.41. The molecule has 1 aliphatic heterocycles. The van der Waals surface area contributed by atoms with Gasteiger partial charge in [-0.2, -0.15) is 0 Å². The van der Waals surface area contributed by atoms with Crippen molar-refractivity contribution in [2.45, 2.75) is 31.7 Å². The number of halogens is 2. The summed E-state index contributed by atoms with van der Waals surface area (Å²) in [6, 6.07) is 4.93. The predicted molar refractivity (Wildman–Crippen MR) is 72.1 cm³/mol. The molecule has 1 fully saturated rings. The fourth-order valence-corrected chi connectivity index (χ4v) is 2.27. The molecule has 0 saturated carbocycles. The van der Waals surface area contributed by atoms with Gasteiger partial charge in [-0.05, 0) is 31.5 Å². The van der Waals surface area contributed by atoms with Gasteiger partial charge in [-0.15, -0.1) is 0 Å². The molecule has 1 aromatic rings. The highest BCUT2D eigenvalue weighted by molar-refractivity contribution is 5.58. The average Bonchev–Trinajstić information content (AvgIpc) is 2.88. The smallest absolute Gasteiger partial charge is 0.270 e. The van der Waals surface area contributed by atoms with E-state index in [4.69, 9.17) is 4.74 Å². The highest BCUT2D eigenvalue weighted by atomic mass is 19.3. The van der Waals surface area contributed by atoms with E-state index < -0.39 is 5.92 Å². The van der Waals surface area contributed by atoms with E-state index in [1.807, 2.05) is 0 Å². The van der Waals surface area contributed by atoms with Gasteiger partial charge in [0.2, 0.25) is 0 Å². The number of hydrogen-bond acceptors (Lipinski definition) is 3. The molecule has 1 aromatic carbocycles. The van der Waals surface area contributed by atoms with Gasteiger partial charge < -0.3 is 15.4 Å². The molecule has 0 radical (unpaired) electrons. The van der Waals surface area contributed by atoms with Gasteiger partial charge in [-0.3, -0.25) is 0 Å². The van der Waals surface area contributed by atoms with Crippen LogP contribution in [-0.4, -0.2) is 26.2 Å². The second-order valence-corrected chi connectivity index (χ2v) is 4.98. The fraction of sp³-hybridized carbons (Fsp3) is 0.571. The predicted octanol–water partition coefficient (Wildman–Crippen LogP) is 2.97. The Balaban J connectivity index is 2.07. The molecule has 0 spiro atoms. The van der Waals surface area contributed by atoms with Crippen molar-refractivity contribution < 1.29 is 13.5 Å². The first-order chi connectivity index (χ1) is 9.00. The molecular formula is C14H20F2N2O. The van der Waals surface area contributed by atoms with E-state index in [9.17, 15) is 8.78 Å². The van der Waals surface area contributed by atoms with Gasteiger partial charge in [0, 0.05) is 25.1 Å². The fourth-order valence-electron chi connectivity index (χ4n) is 2.27. The number of rotatable bonds is 5. The number of anilines is 1. The topological polar surface area (TPSA) is 33.3 Å². The van der Waals surface area contributed by atoms with Gasteiger partial charge in [0.25, 0.3) is 5.92 Å². The van der Waals surface area contributed by atoms with E-state index in [0.29, 0.717) is 11.8 Å². The minimum Gasteiger partial charge on any atom is -0.495 e. The Bertz CT molecular complexity index is 426. The van der Waals surface area contributed by atoms with Gasteiger partial charge in [0.1, 0.15) is 5.75 Å². The summed E-state index contributed by atoms with van der Waals surface area (Å²) in [5, 5.41) is 6.63. The van der Waals surface area contributed by atoms with E-state index in [1.54, 1.807) is 6.07 Å². The molecule has 1 saturated heterocycles. The Morgan fingerprint density at radius 2 is 2.26 bits per heavy atom. The van der Waals surface area contributed by atoms with Crippen LogP contribution in [0.25, 0.3) is 0 Å². The van der Waals surface area contributed by atoms with Gasteiger partial charge >= 0.3 is 0 Å². The number of benzene rings is 1. The van der Waals surface area contributed by atoms with Crippen LogP contribution in [0.3, 0.4) is 0 Å². The highest BCUT2D eigenvalue weighted by Crippen LogP contribution is 2.33. The van der Waals surface area contributed by atoms with Crippen LogP contribution in [0.4, 0.5) is 14.5 Å². The van der Waals surface area contributed by atoms with Gasteiger partial charge in [0.05, 0.1) is 12.8 Å². The highest BCUT2D eigenvalue weighted by Gasteiger charge is 2.25. The summed E-state index contributed by atoms with van der Waals surface area (Å²) >= 11 is 0. The average molecular weight is 270 g/mol. The summed E-state index contributed by atoms with van der Waals surface area (Å²) in [6.45, 7) is 2.71. The molecule has 1 aliphatic rings. The Morgan fingerprint density at radius 3 is 2.84 bits per heavy atom.